The van der Waals surface area contributed by atoms with Crippen LogP contribution in [0.3, 0.4) is 0 Å². The fourth-order valence-corrected chi connectivity index (χ4v) is 4.07. The highest BCUT2D eigenvalue weighted by molar-refractivity contribution is 7.85. The van der Waals surface area contributed by atoms with Crippen LogP contribution in [-0.4, -0.2) is 28.5 Å². The highest BCUT2D eigenvalue weighted by Crippen LogP contribution is 2.33. The summed E-state index contributed by atoms with van der Waals surface area (Å²) in [5, 5.41) is 4.94. The molecule has 146 valence electrons. The first-order chi connectivity index (χ1) is 13.0. The van der Waals surface area contributed by atoms with E-state index in [9.17, 15) is 17.8 Å². The lowest BCUT2D eigenvalue weighted by Gasteiger charge is -2.11. The number of hydrogen-bond donors (Lipinski definition) is 1. The number of carbonyl (C=O) groups excluding carboxylic acids is 1. The molecule has 0 spiro atoms. The normalized spacial score (nSPS) is 11.6. The molecule has 2 aromatic carbocycles. The number of halogens is 2. The summed E-state index contributed by atoms with van der Waals surface area (Å²) in [6, 6.07) is 8.76. The molecule has 0 aliphatic rings. The fraction of sp³-hybridized carbons (Fsp3) is 0.158. The molecule has 0 amide bonds. The van der Waals surface area contributed by atoms with E-state index in [0.717, 1.165) is 0 Å². The Morgan fingerprint density at radius 2 is 1.79 bits per heavy atom. The average Bonchev–Trinajstić information content (AvgIpc) is 2.87. The number of aromatic nitrogens is 2. The molecule has 0 aliphatic heterocycles. The summed E-state index contributed by atoms with van der Waals surface area (Å²) >= 11 is 12.1. The van der Waals surface area contributed by atoms with Crippen molar-refractivity contribution in [2.75, 3.05) is 0 Å². The molecular formula is C19H16Cl2N2O4S. The summed E-state index contributed by atoms with van der Waals surface area (Å²) < 4.78 is 34.0. The summed E-state index contributed by atoms with van der Waals surface area (Å²) in [6.45, 7) is 3.46. The Balaban J connectivity index is 2.27. The van der Waals surface area contributed by atoms with E-state index >= 15 is 0 Å². The first-order valence-corrected chi connectivity index (χ1v) is 10.3. The van der Waals surface area contributed by atoms with E-state index in [1.165, 1.54) is 28.9 Å². The van der Waals surface area contributed by atoms with Crippen molar-refractivity contribution in [2.24, 2.45) is 7.05 Å². The third kappa shape index (κ3) is 3.71. The molecule has 1 heterocycles. The zero-order valence-corrected chi connectivity index (χ0v) is 17.5. The molecular weight excluding hydrogens is 423 g/mol. The third-order valence-electron chi connectivity index (χ3n) is 4.39. The van der Waals surface area contributed by atoms with Crippen molar-refractivity contribution in [1.82, 2.24) is 9.78 Å². The van der Waals surface area contributed by atoms with Crippen LogP contribution in [0.25, 0.3) is 11.3 Å². The lowest BCUT2D eigenvalue weighted by molar-refractivity contribution is 0.103. The summed E-state index contributed by atoms with van der Waals surface area (Å²) in [4.78, 5) is 13.0. The molecule has 0 saturated carbocycles. The van der Waals surface area contributed by atoms with Gasteiger partial charge in [0, 0.05) is 23.2 Å². The second-order valence-electron chi connectivity index (χ2n) is 6.34. The summed E-state index contributed by atoms with van der Waals surface area (Å²) in [5.41, 5.74) is 2.62. The monoisotopic (exact) mass is 438 g/mol. The average molecular weight is 439 g/mol. The molecule has 0 radical (unpaired) electrons. The van der Waals surface area contributed by atoms with Gasteiger partial charge in [-0.1, -0.05) is 29.3 Å². The van der Waals surface area contributed by atoms with Crippen LogP contribution in [0, 0.1) is 13.8 Å². The molecule has 3 aromatic rings. The van der Waals surface area contributed by atoms with Gasteiger partial charge in [0.05, 0.1) is 26.9 Å². The minimum Gasteiger partial charge on any atom is -0.288 e. The summed E-state index contributed by atoms with van der Waals surface area (Å²) in [7, 11) is -2.75. The fourth-order valence-electron chi connectivity index (χ4n) is 3.06. The molecule has 0 bridgehead atoms. The van der Waals surface area contributed by atoms with Gasteiger partial charge < -0.3 is 0 Å². The Labute approximate surface area is 172 Å². The van der Waals surface area contributed by atoms with Crippen molar-refractivity contribution in [2.45, 2.75) is 18.7 Å². The Hall–Kier alpha value is -2.19. The number of benzene rings is 2. The standard InChI is InChI=1S/C19H16Cl2N2O4S/c1-10-4-6-13(28(25,26)27)9-15(10)18-17(11(2)22-23(18)3)19(24)14-7-5-12(20)8-16(14)21/h4-9H,1-3H3,(H,25,26,27). The van der Waals surface area contributed by atoms with Gasteiger partial charge in [0.15, 0.2) is 5.78 Å². The van der Waals surface area contributed by atoms with E-state index in [1.807, 2.05) is 0 Å². The number of ketones is 1. The van der Waals surface area contributed by atoms with Crippen LogP contribution < -0.4 is 0 Å². The lowest BCUT2D eigenvalue weighted by Crippen LogP contribution is -2.07. The number of nitrogens with zero attached hydrogens (tertiary/aromatic N) is 2. The highest BCUT2D eigenvalue weighted by atomic mass is 35.5. The van der Waals surface area contributed by atoms with Crippen LogP contribution in [0.1, 0.15) is 27.2 Å². The smallest absolute Gasteiger partial charge is 0.288 e. The maximum absolute atomic E-state index is 13.3. The molecule has 1 aromatic heterocycles. The van der Waals surface area contributed by atoms with Gasteiger partial charge in [0.1, 0.15) is 0 Å². The maximum atomic E-state index is 13.3. The summed E-state index contributed by atoms with van der Waals surface area (Å²) in [6.07, 6.45) is 0. The first-order valence-electron chi connectivity index (χ1n) is 8.12. The van der Waals surface area contributed by atoms with E-state index in [4.69, 9.17) is 23.2 Å². The van der Waals surface area contributed by atoms with Gasteiger partial charge in [-0.25, -0.2) is 0 Å². The van der Waals surface area contributed by atoms with Gasteiger partial charge in [-0.15, -0.1) is 0 Å². The van der Waals surface area contributed by atoms with E-state index < -0.39 is 10.1 Å². The zero-order valence-electron chi connectivity index (χ0n) is 15.2. The molecule has 0 fully saturated rings. The van der Waals surface area contributed by atoms with E-state index in [1.54, 1.807) is 33.0 Å². The van der Waals surface area contributed by atoms with Crippen LogP contribution in [0.2, 0.25) is 10.0 Å². The second kappa shape index (κ2) is 7.33. The molecule has 1 N–H and O–H groups in total. The van der Waals surface area contributed by atoms with Crippen molar-refractivity contribution in [3.05, 3.63) is 68.8 Å². The van der Waals surface area contributed by atoms with E-state index in [-0.39, 0.29) is 21.3 Å². The van der Waals surface area contributed by atoms with Crippen LogP contribution >= 0.6 is 23.2 Å². The highest BCUT2D eigenvalue weighted by Gasteiger charge is 2.26. The molecule has 3 rings (SSSR count). The van der Waals surface area contributed by atoms with Crippen LogP contribution in [0.4, 0.5) is 0 Å². The Morgan fingerprint density at radius 3 is 2.39 bits per heavy atom. The van der Waals surface area contributed by atoms with Crippen molar-refractivity contribution in [3.8, 4) is 11.3 Å². The predicted molar refractivity (Wildman–Crippen MR) is 108 cm³/mol. The van der Waals surface area contributed by atoms with E-state index in [2.05, 4.69) is 5.10 Å². The van der Waals surface area contributed by atoms with Gasteiger partial charge in [-0.2, -0.15) is 13.5 Å². The third-order valence-corrected chi connectivity index (χ3v) is 5.78. The molecule has 0 unspecified atom stereocenters. The Morgan fingerprint density at radius 1 is 1.11 bits per heavy atom. The van der Waals surface area contributed by atoms with Gasteiger partial charge in [0.25, 0.3) is 10.1 Å². The zero-order chi connectivity index (χ0) is 20.8. The Kier molecular flexibility index (Phi) is 5.38. The van der Waals surface area contributed by atoms with Crippen molar-refractivity contribution in [1.29, 1.82) is 0 Å². The SMILES string of the molecule is Cc1ccc(S(=O)(=O)O)cc1-c1c(C(=O)c2ccc(Cl)cc2Cl)c(C)nn1C. The number of rotatable bonds is 4. The quantitative estimate of drug-likeness (QED) is 0.478. The lowest BCUT2D eigenvalue weighted by atomic mass is 9.95. The van der Waals surface area contributed by atoms with Crippen LogP contribution in [-0.2, 0) is 17.2 Å². The van der Waals surface area contributed by atoms with Gasteiger partial charge >= 0.3 is 0 Å². The minimum absolute atomic E-state index is 0.204. The van der Waals surface area contributed by atoms with Gasteiger partial charge in [-0.3, -0.25) is 14.0 Å². The number of aryl methyl sites for hydroxylation is 3. The van der Waals surface area contributed by atoms with Crippen LogP contribution in [0.5, 0.6) is 0 Å². The van der Waals surface area contributed by atoms with Crippen LogP contribution in [0.15, 0.2) is 41.3 Å². The molecule has 9 heteroatoms. The van der Waals surface area contributed by atoms with Gasteiger partial charge in [-0.05, 0) is 49.7 Å². The molecule has 0 saturated heterocycles. The van der Waals surface area contributed by atoms with E-state index in [0.29, 0.717) is 33.1 Å². The molecule has 28 heavy (non-hydrogen) atoms. The minimum atomic E-state index is -4.40. The molecule has 6 nitrogen and oxygen atoms in total. The Bertz CT molecular complexity index is 1220. The first kappa shape index (κ1) is 20.5. The summed E-state index contributed by atoms with van der Waals surface area (Å²) in [5.74, 6) is -0.362. The number of hydrogen-bond acceptors (Lipinski definition) is 4. The molecule has 0 aliphatic carbocycles. The maximum Gasteiger partial charge on any atom is 0.294 e. The predicted octanol–water partition coefficient (Wildman–Crippen LogP) is 4.49. The number of carbonyl (C=O) groups is 1. The van der Waals surface area contributed by atoms with Crippen molar-refractivity contribution in [3.63, 3.8) is 0 Å². The largest absolute Gasteiger partial charge is 0.294 e. The van der Waals surface area contributed by atoms with Crippen molar-refractivity contribution >= 4 is 39.1 Å². The second-order valence-corrected chi connectivity index (χ2v) is 8.60. The van der Waals surface area contributed by atoms with Gasteiger partial charge in [0.2, 0.25) is 0 Å². The topological polar surface area (TPSA) is 89.3 Å². The van der Waals surface area contributed by atoms with Crippen molar-refractivity contribution < 1.29 is 17.8 Å². The molecule has 0 atom stereocenters.